The van der Waals surface area contributed by atoms with E-state index in [2.05, 4.69) is 19.5 Å². The van der Waals surface area contributed by atoms with E-state index in [9.17, 15) is 0 Å². The number of anilines is 1. The van der Waals surface area contributed by atoms with Crippen LogP contribution in [0.25, 0.3) is 27.9 Å². The fourth-order valence-corrected chi connectivity index (χ4v) is 3.70. The summed E-state index contributed by atoms with van der Waals surface area (Å²) in [5.74, 6) is 2.45. The summed E-state index contributed by atoms with van der Waals surface area (Å²) in [4.78, 5) is 7.29. The Kier molecular flexibility index (Phi) is 3.48. The van der Waals surface area contributed by atoms with Crippen LogP contribution < -0.4 is 9.64 Å². The molecule has 6 heteroatoms. The third-order valence-corrected chi connectivity index (χ3v) is 4.97. The summed E-state index contributed by atoms with van der Waals surface area (Å²) in [5.41, 5.74) is 2.69. The lowest BCUT2D eigenvalue weighted by atomic mass is 10.2. The maximum atomic E-state index is 5.56. The maximum absolute atomic E-state index is 5.56. The van der Waals surface area contributed by atoms with E-state index in [1.165, 1.54) is 12.8 Å². The molecule has 4 aromatic rings. The van der Waals surface area contributed by atoms with Gasteiger partial charge in [0.05, 0.1) is 18.2 Å². The van der Waals surface area contributed by atoms with Gasteiger partial charge in [0.1, 0.15) is 5.75 Å². The Morgan fingerprint density at radius 2 is 1.69 bits per heavy atom. The summed E-state index contributed by atoms with van der Waals surface area (Å²) in [6, 6.07) is 16.0. The number of aromatic nitrogens is 4. The number of para-hydroxylation sites is 2. The first-order valence-electron chi connectivity index (χ1n) is 8.89. The quantitative estimate of drug-likeness (QED) is 0.568. The van der Waals surface area contributed by atoms with Crippen molar-refractivity contribution in [3.8, 4) is 17.1 Å². The van der Waals surface area contributed by atoms with Crippen molar-refractivity contribution in [3.63, 3.8) is 0 Å². The summed E-state index contributed by atoms with van der Waals surface area (Å²) >= 11 is 0. The van der Waals surface area contributed by atoms with Gasteiger partial charge in [-0.25, -0.2) is 9.38 Å². The van der Waals surface area contributed by atoms with Gasteiger partial charge in [-0.3, -0.25) is 0 Å². The molecule has 26 heavy (non-hydrogen) atoms. The minimum atomic E-state index is 0.762. The van der Waals surface area contributed by atoms with Crippen LogP contribution in [0.15, 0.2) is 48.5 Å². The molecule has 0 bridgehead atoms. The van der Waals surface area contributed by atoms with Crippen molar-refractivity contribution < 1.29 is 4.74 Å². The summed E-state index contributed by atoms with van der Waals surface area (Å²) in [6.07, 6.45) is 2.37. The number of benzene rings is 2. The minimum absolute atomic E-state index is 0.762. The van der Waals surface area contributed by atoms with Crippen LogP contribution in [0, 0.1) is 0 Å². The number of fused-ring (bicyclic) bond motifs is 3. The molecule has 0 saturated carbocycles. The zero-order valence-corrected chi connectivity index (χ0v) is 14.6. The molecule has 1 aliphatic heterocycles. The van der Waals surface area contributed by atoms with Crippen LogP contribution in [-0.4, -0.2) is 39.8 Å². The second kappa shape index (κ2) is 5.98. The average molecular weight is 345 g/mol. The van der Waals surface area contributed by atoms with Gasteiger partial charge < -0.3 is 9.64 Å². The molecular weight excluding hydrogens is 326 g/mol. The molecule has 6 nitrogen and oxygen atoms in total. The minimum Gasteiger partial charge on any atom is -0.496 e. The van der Waals surface area contributed by atoms with Crippen molar-refractivity contribution in [1.29, 1.82) is 0 Å². The largest absolute Gasteiger partial charge is 0.496 e. The SMILES string of the molecule is COc1ccccc1-c1nnc2c3ccccc3nc(N3CCCC3)n12. The number of ether oxygens (including phenoxy) is 1. The van der Waals surface area contributed by atoms with Gasteiger partial charge in [0.25, 0.3) is 0 Å². The number of hydrogen-bond acceptors (Lipinski definition) is 5. The van der Waals surface area contributed by atoms with Gasteiger partial charge in [-0.2, -0.15) is 0 Å². The number of rotatable bonds is 3. The fraction of sp³-hybridized carbons (Fsp3) is 0.250. The normalized spacial score (nSPS) is 14.4. The zero-order valence-electron chi connectivity index (χ0n) is 14.6. The molecule has 2 aromatic carbocycles. The Bertz CT molecular complexity index is 1100. The van der Waals surface area contributed by atoms with Crippen molar-refractivity contribution in [2.24, 2.45) is 0 Å². The second-order valence-electron chi connectivity index (χ2n) is 6.51. The lowest BCUT2D eigenvalue weighted by Gasteiger charge is -2.19. The maximum Gasteiger partial charge on any atom is 0.213 e. The molecule has 0 unspecified atom stereocenters. The van der Waals surface area contributed by atoms with Crippen molar-refractivity contribution >= 4 is 22.5 Å². The second-order valence-corrected chi connectivity index (χ2v) is 6.51. The molecule has 1 fully saturated rings. The molecule has 3 heterocycles. The predicted octanol–water partition coefficient (Wildman–Crippen LogP) is 3.55. The van der Waals surface area contributed by atoms with Gasteiger partial charge in [-0.15, -0.1) is 10.2 Å². The summed E-state index contributed by atoms with van der Waals surface area (Å²) in [7, 11) is 1.68. The van der Waals surface area contributed by atoms with Crippen molar-refractivity contribution in [2.45, 2.75) is 12.8 Å². The zero-order chi connectivity index (χ0) is 17.5. The molecule has 0 radical (unpaired) electrons. The lowest BCUT2D eigenvalue weighted by molar-refractivity contribution is 0.416. The molecule has 0 N–H and O–H groups in total. The van der Waals surface area contributed by atoms with E-state index >= 15 is 0 Å². The van der Waals surface area contributed by atoms with Gasteiger partial charge >= 0.3 is 0 Å². The Hall–Kier alpha value is -3.15. The molecule has 0 amide bonds. The standard InChI is InChI=1S/C20H19N5O/c1-26-17-11-5-3-9-15(17)19-23-22-18-14-8-2-4-10-16(14)21-20(25(18)19)24-12-6-7-13-24/h2-5,8-11H,6-7,12-13H2,1H3. The number of nitrogens with zero attached hydrogens (tertiary/aromatic N) is 5. The van der Waals surface area contributed by atoms with Crippen LogP contribution in [0.1, 0.15) is 12.8 Å². The van der Waals surface area contributed by atoms with E-state index < -0.39 is 0 Å². The van der Waals surface area contributed by atoms with Crippen molar-refractivity contribution in [2.75, 3.05) is 25.1 Å². The van der Waals surface area contributed by atoms with E-state index in [1.807, 2.05) is 48.5 Å². The molecule has 1 aliphatic rings. The monoisotopic (exact) mass is 345 g/mol. The molecular formula is C20H19N5O. The summed E-state index contributed by atoms with van der Waals surface area (Å²) in [6.45, 7) is 2.01. The highest BCUT2D eigenvalue weighted by Crippen LogP contribution is 2.33. The molecule has 130 valence electrons. The van der Waals surface area contributed by atoms with Crippen LogP contribution in [-0.2, 0) is 0 Å². The van der Waals surface area contributed by atoms with Gasteiger partial charge in [-0.1, -0.05) is 24.3 Å². The predicted molar refractivity (Wildman–Crippen MR) is 102 cm³/mol. The van der Waals surface area contributed by atoms with Crippen molar-refractivity contribution in [1.82, 2.24) is 19.6 Å². The molecule has 1 saturated heterocycles. The molecule has 0 aliphatic carbocycles. The molecule has 2 aromatic heterocycles. The topological polar surface area (TPSA) is 55.6 Å². The van der Waals surface area contributed by atoms with E-state index in [1.54, 1.807) is 7.11 Å². The Morgan fingerprint density at radius 1 is 0.923 bits per heavy atom. The van der Waals surface area contributed by atoms with Crippen molar-refractivity contribution in [3.05, 3.63) is 48.5 Å². The van der Waals surface area contributed by atoms with E-state index in [0.29, 0.717) is 0 Å². The smallest absolute Gasteiger partial charge is 0.213 e. The highest BCUT2D eigenvalue weighted by Gasteiger charge is 2.23. The number of methoxy groups -OCH3 is 1. The Labute approximate surface area is 151 Å². The first-order valence-corrected chi connectivity index (χ1v) is 8.89. The summed E-state index contributed by atoms with van der Waals surface area (Å²) < 4.78 is 7.63. The molecule has 0 spiro atoms. The summed E-state index contributed by atoms with van der Waals surface area (Å²) in [5, 5.41) is 10.0. The number of hydrogen-bond donors (Lipinski definition) is 0. The fourth-order valence-electron chi connectivity index (χ4n) is 3.70. The van der Waals surface area contributed by atoms with Gasteiger partial charge in [0.15, 0.2) is 11.5 Å². The van der Waals surface area contributed by atoms with Crippen LogP contribution in [0.4, 0.5) is 5.95 Å². The third-order valence-electron chi connectivity index (χ3n) is 4.97. The van der Waals surface area contributed by atoms with Crippen LogP contribution in [0.3, 0.4) is 0 Å². The molecule has 5 rings (SSSR count). The highest BCUT2D eigenvalue weighted by atomic mass is 16.5. The highest BCUT2D eigenvalue weighted by molar-refractivity contribution is 5.93. The lowest BCUT2D eigenvalue weighted by Crippen LogP contribution is -2.22. The third kappa shape index (κ3) is 2.22. The first-order chi connectivity index (χ1) is 12.9. The molecule has 0 atom stereocenters. The van der Waals surface area contributed by atoms with Gasteiger partial charge in [0.2, 0.25) is 5.95 Å². The van der Waals surface area contributed by atoms with Gasteiger partial charge in [0, 0.05) is 18.5 Å². The van der Waals surface area contributed by atoms with Crippen LogP contribution in [0.5, 0.6) is 5.75 Å². The Morgan fingerprint density at radius 3 is 2.54 bits per heavy atom. The Balaban J connectivity index is 1.87. The van der Waals surface area contributed by atoms with E-state index in [0.717, 1.165) is 52.7 Å². The van der Waals surface area contributed by atoms with E-state index in [4.69, 9.17) is 9.72 Å². The van der Waals surface area contributed by atoms with E-state index in [-0.39, 0.29) is 0 Å². The first kappa shape index (κ1) is 15.1. The van der Waals surface area contributed by atoms with Crippen LogP contribution in [0.2, 0.25) is 0 Å². The van der Waals surface area contributed by atoms with Crippen LogP contribution >= 0.6 is 0 Å². The average Bonchev–Trinajstić information content (AvgIpc) is 3.37. The van der Waals surface area contributed by atoms with Gasteiger partial charge in [-0.05, 0) is 37.1 Å².